The van der Waals surface area contributed by atoms with Crippen molar-refractivity contribution in [3.05, 3.63) is 205 Å². The molecule has 3 heteroatoms. The molecule has 8 aromatic carbocycles. The van der Waals surface area contributed by atoms with E-state index in [-0.39, 0.29) is 5.41 Å². The van der Waals surface area contributed by atoms with Crippen LogP contribution in [0.4, 0.5) is 0 Å². The Labute approximate surface area is 319 Å². The summed E-state index contributed by atoms with van der Waals surface area (Å²) in [5, 5.41) is 4.53. The van der Waals surface area contributed by atoms with Gasteiger partial charge >= 0.3 is 0 Å². The van der Waals surface area contributed by atoms with Crippen LogP contribution in [0.2, 0.25) is 0 Å². The fraction of sp³-hybridized carbons (Fsp3) is 0.0385. The minimum atomic E-state index is -0.306. The van der Waals surface area contributed by atoms with Crippen LogP contribution in [0.15, 0.2) is 192 Å². The molecule has 0 radical (unpaired) electrons. The van der Waals surface area contributed by atoms with E-state index in [4.69, 9.17) is 14.4 Å². The lowest BCUT2D eigenvalue weighted by molar-refractivity contribution is 0.674. The van der Waals surface area contributed by atoms with Gasteiger partial charge in [-0.05, 0) is 63.9 Å². The Morgan fingerprint density at radius 3 is 1.93 bits per heavy atom. The molecule has 11 rings (SSSR count). The zero-order chi connectivity index (χ0) is 36.5. The number of furan rings is 1. The summed E-state index contributed by atoms with van der Waals surface area (Å²) in [6.45, 7) is 2.36. The SMILES string of the molecule is CC1(c2ccccc2)c2ccccc2-c2c(-c3cc(-c4cccc(-c5cccc6c5oc5c7ccccc7ccc65)c4)nc(-c4ccccc4)n3)cccc21. The van der Waals surface area contributed by atoms with E-state index in [1.807, 2.05) is 18.2 Å². The van der Waals surface area contributed by atoms with Gasteiger partial charge in [0.05, 0.1) is 11.4 Å². The number of hydrogen-bond donors (Lipinski definition) is 0. The summed E-state index contributed by atoms with van der Waals surface area (Å²) in [6, 6.07) is 66.7. The van der Waals surface area contributed by atoms with Gasteiger partial charge in [0.2, 0.25) is 0 Å². The fourth-order valence-corrected chi connectivity index (χ4v) is 8.89. The highest BCUT2D eigenvalue weighted by Crippen LogP contribution is 2.55. The van der Waals surface area contributed by atoms with E-state index in [0.717, 1.165) is 66.5 Å². The molecule has 0 amide bonds. The molecule has 2 aromatic heterocycles. The van der Waals surface area contributed by atoms with Crippen molar-refractivity contribution in [2.45, 2.75) is 12.3 Å². The maximum atomic E-state index is 6.75. The predicted octanol–water partition coefficient (Wildman–Crippen LogP) is 13.5. The lowest BCUT2D eigenvalue weighted by Crippen LogP contribution is -2.22. The molecule has 1 atom stereocenters. The Balaban J connectivity index is 1.10. The first-order valence-corrected chi connectivity index (χ1v) is 18.8. The molecule has 0 spiro atoms. The monoisotopic (exact) mass is 702 g/mol. The highest BCUT2D eigenvalue weighted by Gasteiger charge is 2.41. The van der Waals surface area contributed by atoms with Crippen LogP contribution in [0.3, 0.4) is 0 Å². The molecule has 0 bridgehead atoms. The normalized spacial score (nSPS) is 14.7. The Hall–Kier alpha value is -7.10. The van der Waals surface area contributed by atoms with Crippen molar-refractivity contribution in [1.82, 2.24) is 9.97 Å². The average Bonchev–Trinajstić information content (AvgIpc) is 3.78. The molecule has 0 saturated heterocycles. The second-order valence-electron chi connectivity index (χ2n) is 14.6. The second kappa shape index (κ2) is 12.2. The van der Waals surface area contributed by atoms with Gasteiger partial charge in [-0.2, -0.15) is 0 Å². The minimum absolute atomic E-state index is 0.306. The topological polar surface area (TPSA) is 38.9 Å². The lowest BCUT2D eigenvalue weighted by atomic mass is 9.74. The number of nitrogens with zero attached hydrogens (tertiary/aromatic N) is 2. The van der Waals surface area contributed by atoms with Crippen LogP contribution in [0.1, 0.15) is 23.6 Å². The molecule has 2 heterocycles. The van der Waals surface area contributed by atoms with Gasteiger partial charge in [0.25, 0.3) is 0 Å². The zero-order valence-electron chi connectivity index (χ0n) is 30.2. The largest absolute Gasteiger partial charge is 0.455 e. The van der Waals surface area contributed by atoms with Gasteiger partial charge in [-0.15, -0.1) is 0 Å². The molecule has 55 heavy (non-hydrogen) atoms. The summed E-state index contributed by atoms with van der Waals surface area (Å²) in [7, 11) is 0. The van der Waals surface area contributed by atoms with Gasteiger partial charge in [-0.1, -0.05) is 170 Å². The summed E-state index contributed by atoms with van der Waals surface area (Å²) in [6.07, 6.45) is 0. The minimum Gasteiger partial charge on any atom is -0.455 e. The summed E-state index contributed by atoms with van der Waals surface area (Å²) in [4.78, 5) is 10.6. The van der Waals surface area contributed by atoms with Crippen molar-refractivity contribution in [2.75, 3.05) is 0 Å². The van der Waals surface area contributed by atoms with E-state index in [1.54, 1.807) is 0 Å². The van der Waals surface area contributed by atoms with Crippen molar-refractivity contribution in [3.8, 4) is 56.2 Å². The third-order valence-electron chi connectivity index (χ3n) is 11.6. The number of fused-ring (bicyclic) bond motifs is 8. The second-order valence-corrected chi connectivity index (χ2v) is 14.6. The van der Waals surface area contributed by atoms with E-state index in [2.05, 4.69) is 177 Å². The standard InChI is InChI=1S/C52H34N2O/c1-52(37-20-6-3-7-21-37)44-27-11-10-23-42(44)48-43(26-14-28-45(48)52)47-32-46(53-51(54-47)34-16-4-2-5-17-34)36-19-12-18-35(31-36)39-24-13-25-40-41-30-29-33-15-8-9-22-38(33)49(41)55-50(39)40/h2-32H,1H3. The molecule has 0 aliphatic heterocycles. The molecular formula is C52H34N2O. The predicted molar refractivity (Wildman–Crippen MR) is 226 cm³/mol. The molecule has 0 N–H and O–H groups in total. The Kier molecular flexibility index (Phi) is 6.99. The molecule has 1 aliphatic rings. The highest BCUT2D eigenvalue weighted by molar-refractivity contribution is 6.17. The molecular weight excluding hydrogens is 669 g/mol. The van der Waals surface area contributed by atoms with E-state index in [0.29, 0.717) is 5.82 Å². The Morgan fingerprint density at radius 1 is 0.418 bits per heavy atom. The summed E-state index contributed by atoms with van der Waals surface area (Å²) < 4.78 is 6.75. The summed E-state index contributed by atoms with van der Waals surface area (Å²) in [5.41, 5.74) is 14.8. The highest BCUT2D eigenvalue weighted by atomic mass is 16.3. The van der Waals surface area contributed by atoms with Gasteiger partial charge < -0.3 is 4.42 Å². The van der Waals surface area contributed by atoms with E-state index >= 15 is 0 Å². The van der Waals surface area contributed by atoms with Crippen molar-refractivity contribution in [2.24, 2.45) is 0 Å². The number of hydrogen-bond acceptors (Lipinski definition) is 3. The smallest absolute Gasteiger partial charge is 0.160 e. The van der Waals surface area contributed by atoms with Crippen molar-refractivity contribution >= 4 is 32.7 Å². The average molecular weight is 703 g/mol. The molecule has 0 fully saturated rings. The first-order chi connectivity index (χ1) is 27.1. The quantitative estimate of drug-likeness (QED) is 0.179. The Morgan fingerprint density at radius 2 is 1.04 bits per heavy atom. The molecule has 258 valence electrons. The van der Waals surface area contributed by atoms with Crippen LogP contribution in [-0.4, -0.2) is 9.97 Å². The maximum Gasteiger partial charge on any atom is 0.160 e. The third kappa shape index (κ3) is 4.83. The summed E-state index contributed by atoms with van der Waals surface area (Å²) >= 11 is 0. The first-order valence-electron chi connectivity index (χ1n) is 18.8. The van der Waals surface area contributed by atoms with Crippen LogP contribution in [0.5, 0.6) is 0 Å². The van der Waals surface area contributed by atoms with Crippen LogP contribution >= 0.6 is 0 Å². The first kappa shape index (κ1) is 31.4. The van der Waals surface area contributed by atoms with Crippen molar-refractivity contribution in [1.29, 1.82) is 0 Å². The van der Waals surface area contributed by atoms with Crippen LogP contribution in [-0.2, 0) is 5.41 Å². The lowest BCUT2D eigenvalue weighted by Gasteiger charge is -2.28. The zero-order valence-corrected chi connectivity index (χ0v) is 30.2. The number of benzene rings is 8. The number of rotatable bonds is 5. The fourth-order valence-electron chi connectivity index (χ4n) is 8.89. The van der Waals surface area contributed by atoms with Crippen LogP contribution < -0.4 is 0 Å². The molecule has 10 aromatic rings. The third-order valence-corrected chi connectivity index (χ3v) is 11.6. The van der Waals surface area contributed by atoms with E-state index in [1.165, 1.54) is 33.2 Å². The van der Waals surface area contributed by atoms with E-state index in [9.17, 15) is 0 Å². The van der Waals surface area contributed by atoms with Crippen molar-refractivity contribution < 1.29 is 4.42 Å². The van der Waals surface area contributed by atoms with Crippen molar-refractivity contribution in [3.63, 3.8) is 0 Å². The molecule has 1 aliphatic carbocycles. The Bertz CT molecular complexity index is 3110. The number of aromatic nitrogens is 2. The maximum absolute atomic E-state index is 6.75. The molecule has 1 unspecified atom stereocenters. The molecule has 0 saturated carbocycles. The van der Waals surface area contributed by atoms with Crippen LogP contribution in [0.25, 0.3) is 88.9 Å². The van der Waals surface area contributed by atoms with Gasteiger partial charge in [-0.25, -0.2) is 9.97 Å². The van der Waals surface area contributed by atoms with Gasteiger partial charge in [0.15, 0.2) is 5.82 Å². The van der Waals surface area contributed by atoms with Crippen LogP contribution in [0, 0.1) is 0 Å². The number of para-hydroxylation sites is 1. The van der Waals surface area contributed by atoms with Gasteiger partial charge in [0, 0.05) is 43.8 Å². The molecule has 3 nitrogen and oxygen atoms in total. The van der Waals surface area contributed by atoms with Gasteiger partial charge in [-0.3, -0.25) is 0 Å². The van der Waals surface area contributed by atoms with E-state index < -0.39 is 0 Å². The summed E-state index contributed by atoms with van der Waals surface area (Å²) in [5.74, 6) is 0.694. The van der Waals surface area contributed by atoms with Gasteiger partial charge in [0.1, 0.15) is 11.2 Å².